The number of furan rings is 1. The highest BCUT2D eigenvalue weighted by atomic mass is 35.5. The maximum Gasteiger partial charge on any atom is 0.451 e. The third-order valence-electron chi connectivity index (χ3n) is 8.85. The predicted molar refractivity (Wildman–Crippen MR) is 163 cm³/mol. The first-order valence-corrected chi connectivity index (χ1v) is 15.4. The van der Waals surface area contributed by atoms with Crippen LogP contribution in [0.3, 0.4) is 0 Å². The van der Waals surface area contributed by atoms with E-state index in [0.717, 1.165) is 66.7 Å². The Morgan fingerprint density at radius 1 is 1.11 bits per heavy atom. The number of hydrogen-bond donors (Lipinski definition) is 1. The number of alkyl halides is 3. The Morgan fingerprint density at radius 2 is 1.93 bits per heavy atom. The minimum Gasteiger partial charge on any atom is -0.473 e. The summed E-state index contributed by atoms with van der Waals surface area (Å²) in [5.74, 6) is -0.347. The summed E-state index contributed by atoms with van der Waals surface area (Å²) in [5.41, 5.74) is 4.21. The minimum atomic E-state index is -4.62. The van der Waals surface area contributed by atoms with Crippen molar-refractivity contribution in [1.29, 1.82) is 5.26 Å². The van der Waals surface area contributed by atoms with Crippen molar-refractivity contribution in [1.82, 2.24) is 30.0 Å². The number of halogens is 4. The quantitative estimate of drug-likeness (QED) is 0.175. The maximum absolute atomic E-state index is 13.1. The number of nitrogens with zero attached hydrogens (tertiary/aromatic N) is 6. The largest absolute Gasteiger partial charge is 0.473 e. The number of fused-ring (bicyclic) bond motifs is 1. The molecule has 0 atom stereocenters. The fourth-order valence-electron chi connectivity index (χ4n) is 6.01. The van der Waals surface area contributed by atoms with Crippen molar-refractivity contribution < 1.29 is 22.3 Å². The van der Waals surface area contributed by atoms with Gasteiger partial charge in [-0.2, -0.15) is 18.4 Å². The summed E-state index contributed by atoms with van der Waals surface area (Å²) in [6.07, 6.45) is 2.39. The first-order chi connectivity index (χ1) is 22.2. The van der Waals surface area contributed by atoms with Crippen LogP contribution in [0, 0.1) is 16.7 Å². The van der Waals surface area contributed by atoms with Crippen LogP contribution in [0.15, 0.2) is 59.3 Å². The van der Waals surface area contributed by atoms with Gasteiger partial charge in [-0.3, -0.25) is 9.88 Å². The Balaban J connectivity index is 1.01. The zero-order chi connectivity index (χ0) is 31.9. The van der Waals surface area contributed by atoms with Crippen LogP contribution >= 0.6 is 11.6 Å². The van der Waals surface area contributed by atoms with E-state index in [4.69, 9.17) is 25.7 Å². The highest BCUT2D eigenvalue weighted by Gasteiger charge is 2.44. The molecule has 2 fully saturated rings. The molecule has 1 saturated heterocycles. The summed E-state index contributed by atoms with van der Waals surface area (Å²) in [5, 5.41) is 18.2. The number of hydrogen-bond acceptors (Lipinski definition) is 8. The number of piperidine rings is 1. The summed E-state index contributed by atoms with van der Waals surface area (Å²) >= 11 is 6.27. The highest BCUT2D eigenvalue weighted by Crippen LogP contribution is 2.48. The molecule has 0 radical (unpaired) electrons. The Morgan fingerprint density at radius 3 is 2.67 bits per heavy atom. The number of aromatic amines is 1. The molecule has 0 unspecified atom stereocenters. The van der Waals surface area contributed by atoms with Gasteiger partial charge in [0.1, 0.15) is 12.2 Å². The molecule has 1 aliphatic heterocycles. The molecule has 5 heterocycles. The van der Waals surface area contributed by atoms with E-state index >= 15 is 0 Å². The normalized spacial score (nSPS) is 16.8. The molecule has 236 valence electrons. The molecular weight excluding hydrogens is 619 g/mol. The molecule has 4 aromatic heterocycles. The van der Waals surface area contributed by atoms with Gasteiger partial charge in [0.05, 0.1) is 28.5 Å². The lowest BCUT2D eigenvalue weighted by Crippen LogP contribution is -2.33. The molecule has 7 rings (SSSR count). The number of ether oxygens (including phenoxy) is 1. The molecule has 2 aliphatic rings. The molecule has 13 heteroatoms. The van der Waals surface area contributed by atoms with Crippen LogP contribution in [-0.2, 0) is 25.7 Å². The van der Waals surface area contributed by atoms with Crippen molar-refractivity contribution in [2.24, 2.45) is 5.41 Å². The molecular formula is C33H29ClF3N7O2. The smallest absolute Gasteiger partial charge is 0.451 e. The summed E-state index contributed by atoms with van der Waals surface area (Å²) in [6, 6.07) is 15.6. The first kappa shape index (κ1) is 30.2. The molecule has 0 bridgehead atoms. The number of H-pyrrole nitrogens is 1. The molecule has 0 amide bonds. The Kier molecular flexibility index (Phi) is 7.90. The van der Waals surface area contributed by atoms with Crippen LogP contribution in [0.2, 0.25) is 5.02 Å². The van der Waals surface area contributed by atoms with E-state index in [1.165, 1.54) is 6.20 Å². The molecule has 1 aliphatic carbocycles. The van der Waals surface area contributed by atoms with Gasteiger partial charge >= 0.3 is 6.18 Å². The second-order valence-corrected chi connectivity index (χ2v) is 12.4. The van der Waals surface area contributed by atoms with Crippen LogP contribution in [0.4, 0.5) is 13.2 Å². The maximum atomic E-state index is 13.1. The second-order valence-electron chi connectivity index (χ2n) is 12.0. The van der Waals surface area contributed by atoms with Crippen molar-refractivity contribution >= 4 is 22.6 Å². The molecule has 1 aromatic carbocycles. The molecule has 0 spiro atoms. The van der Waals surface area contributed by atoms with Gasteiger partial charge < -0.3 is 14.1 Å². The number of nitriles is 1. The average Bonchev–Trinajstić information content (AvgIpc) is 3.40. The van der Waals surface area contributed by atoms with E-state index in [0.29, 0.717) is 41.6 Å². The Hall–Kier alpha value is -4.47. The monoisotopic (exact) mass is 647 g/mol. The van der Waals surface area contributed by atoms with Gasteiger partial charge in [-0.1, -0.05) is 23.7 Å². The van der Waals surface area contributed by atoms with E-state index in [1.807, 2.05) is 36.4 Å². The SMILES string of the molecule is N#CC1(Cc2cc(-c3nnc(C(F)(F)F)[nH]3)cnc2CN2CCC(c3cccc(OCc4ccc(Cl)c5ccoc45)n3)CC2)CC1. The Labute approximate surface area is 267 Å². The molecule has 46 heavy (non-hydrogen) atoms. The lowest BCUT2D eigenvalue weighted by Gasteiger charge is -2.32. The summed E-state index contributed by atoms with van der Waals surface area (Å²) in [6.45, 7) is 2.52. The predicted octanol–water partition coefficient (Wildman–Crippen LogP) is 7.48. The van der Waals surface area contributed by atoms with Crippen LogP contribution in [0.1, 0.15) is 59.9 Å². The molecule has 1 saturated carbocycles. The number of benzene rings is 1. The summed E-state index contributed by atoms with van der Waals surface area (Å²) in [7, 11) is 0. The van der Waals surface area contributed by atoms with Crippen molar-refractivity contribution in [2.45, 2.75) is 57.3 Å². The van der Waals surface area contributed by atoms with E-state index < -0.39 is 17.4 Å². The van der Waals surface area contributed by atoms with Crippen molar-refractivity contribution in [3.05, 3.63) is 88.3 Å². The van der Waals surface area contributed by atoms with Crippen LogP contribution in [-0.4, -0.2) is 43.1 Å². The van der Waals surface area contributed by atoms with E-state index in [-0.39, 0.29) is 11.7 Å². The van der Waals surface area contributed by atoms with Gasteiger partial charge in [0.2, 0.25) is 11.7 Å². The number of aromatic nitrogens is 5. The van der Waals surface area contributed by atoms with Gasteiger partial charge in [-0.25, -0.2) is 4.98 Å². The third-order valence-corrected chi connectivity index (χ3v) is 9.18. The fraction of sp³-hybridized carbons (Fsp3) is 0.364. The molecule has 1 N–H and O–H groups in total. The standard InChI is InChI=1S/C33H29ClF3N7O2/c34-25-5-4-21(29-24(25)8-13-45-29)18-46-28-3-1-2-26(40-28)20-6-11-44(12-7-20)17-27-22(15-32(19-38)9-10-32)14-23(16-39-27)30-41-31(43-42-30)33(35,36)37/h1-5,8,13-14,16,20H,6-7,9-12,15,17-18H2,(H,41,42,43). The molecule has 9 nitrogen and oxygen atoms in total. The van der Waals surface area contributed by atoms with Gasteiger partial charge in [0.25, 0.3) is 0 Å². The van der Waals surface area contributed by atoms with Crippen LogP contribution < -0.4 is 4.74 Å². The number of rotatable bonds is 9. The zero-order valence-electron chi connectivity index (χ0n) is 24.6. The van der Waals surface area contributed by atoms with E-state index in [9.17, 15) is 18.4 Å². The fourth-order valence-corrected chi connectivity index (χ4v) is 6.23. The Bertz CT molecular complexity index is 1920. The van der Waals surface area contributed by atoms with Crippen molar-refractivity contribution in [3.8, 4) is 23.3 Å². The van der Waals surface area contributed by atoms with Gasteiger partial charge in [0.15, 0.2) is 5.82 Å². The minimum absolute atomic E-state index is 0.00336. The van der Waals surface area contributed by atoms with Crippen molar-refractivity contribution in [3.63, 3.8) is 0 Å². The van der Waals surface area contributed by atoms with E-state index in [1.54, 1.807) is 12.3 Å². The number of nitrogens with one attached hydrogen (secondary N) is 1. The highest BCUT2D eigenvalue weighted by molar-refractivity contribution is 6.35. The van der Waals surface area contributed by atoms with Crippen LogP contribution in [0.5, 0.6) is 5.88 Å². The van der Waals surface area contributed by atoms with E-state index in [2.05, 4.69) is 31.1 Å². The van der Waals surface area contributed by atoms with Crippen molar-refractivity contribution in [2.75, 3.05) is 13.1 Å². The lowest BCUT2D eigenvalue weighted by molar-refractivity contribution is -0.144. The zero-order valence-corrected chi connectivity index (χ0v) is 25.4. The third kappa shape index (κ3) is 6.30. The lowest BCUT2D eigenvalue weighted by atomic mass is 9.92. The van der Waals surface area contributed by atoms with Gasteiger partial charge in [-0.15, -0.1) is 10.2 Å². The first-order valence-electron chi connectivity index (χ1n) is 15.1. The summed E-state index contributed by atoms with van der Waals surface area (Å²) in [4.78, 5) is 14.0. The number of likely N-dealkylation sites (tertiary alicyclic amines) is 1. The average molecular weight is 648 g/mol. The summed E-state index contributed by atoms with van der Waals surface area (Å²) < 4.78 is 50.9. The topological polar surface area (TPSA) is 117 Å². The second kappa shape index (κ2) is 12.0. The van der Waals surface area contributed by atoms with Crippen LogP contribution in [0.25, 0.3) is 22.4 Å². The van der Waals surface area contributed by atoms with Gasteiger partial charge in [0, 0.05) is 46.9 Å². The number of pyridine rings is 2. The molecule has 5 aromatic rings. The van der Waals surface area contributed by atoms with Gasteiger partial charge in [-0.05, 0) is 75.0 Å².